The van der Waals surface area contributed by atoms with E-state index in [9.17, 15) is 0 Å². The van der Waals surface area contributed by atoms with Gasteiger partial charge in [0.25, 0.3) is 0 Å². The monoisotopic (exact) mass is 316 g/mol. The van der Waals surface area contributed by atoms with Gasteiger partial charge in [0, 0.05) is 4.83 Å². The third-order valence-corrected chi connectivity index (χ3v) is 4.69. The van der Waals surface area contributed by atoms with E-state index in [1.165, 1.54) is 21.9 Å². The zero-order chi connectivity index (χ0) is 12.4. The number of alkyl halides is 1. The third kappa shape index (κ3) is 2.50. The molecule has 0 aliphatic rings. The number of hydrogen-bond acceptors (Lipinski definition) is 1. The Bertz CT molecular complexity index is 643. The molecule has 2 aromatic carbocycles. The van der Waals surface area contributed by atoms with Crippen LogP contribution in [0.5, 0.6) is 0 Å². The van der Waals surface area contributed by atoms with Crippen LogP contribution >= 0.6 is 27.3 Å². The van der Waals surface area contributed by atoms with Gasteiger partial charge >= 0.3 is 0 Å². The average molecular weight is 317 g/mol. The Hall–Kier alpha value is -1.12. The molecule has 1 aromatic heterocycles. The van der Waals surface area contributed by atoms with Crippen molar-refractivity contribution >= 4 is 38.0 Å². The highest BCUT2D eigenvalue weighted by atomic mass is 79.9. The molecule has 0 radical (unpaired) electrons. The van der Waals surface area contributed by atoms with E-state index in [4.69, 9.17) is 0 Å². The Kier molecular flexibility index (Phi) is 3.48. The van der Waals surface area contributed by atoms with Crippen molar-refractivity contribution in [1.82, 2.24) is 0 Å². The summed E-state index contributed by atoms with van der Waals surface area (Å²) >= 11 is 5.52. The zero-order valence-electron chi connectivity index (χ0n) is 9.84. The van der Waals surface area contributed by atoms with Gasteiger partial charge in [0.1, 0.15) is 0 Å². The van der Waals surface area contributed by atoms with E-state index in [1.807, 2.05) is 0 Å². The van der Waals surface area contributed by atoms with E-state index in [0.717, 1.165) is 6.42 Å². The van der Waals surface area contributed by atoms with E-state index < -0.39 is 0 Å². The summed E-state index contributed by atoms with van der Waals surface area (Å²) < 4.78 is 0. The molecule has 0 saturated heterocycles. The summed E-state index contributed by atoms with van der Waals surface area (Å²) in [5.74, 6) is 0. The van der Waals surface area contributed by atoms with Gasteiger partial charge in [-0.2, -0.15) is 11.3 Å². The van der Waals surface area contributed by atoms with Crippen molar-refractivity contribution in [2.75, 3.05) is 0 Å². The fourth-order valence-corrected chi connectivity index (χ4v) is 3.69. The standard InChI is InChI=1S/C16H13BrS/c17-16(15-7-8-18-11-15)10-12-5-6-13-3-1-2-4-14(13)9-12/h1-9,11,16H,10H2. The molecule has 3 aromatic rings. The van der Waals surface area contributed by atoms with Crippen molar-refractivity contribution in [2.24, 2.45) is 0 Å². The average Bonchev–Trinajstić information content (AvgIpc) is 2.92. The summed E-state index contributed by atoms with van der Waals surface area (Å²) in [6, 6.07) is 17.4. The van der Waals surface area contributed by atoms with Gasteiger partial charge in [-0.05, 0) is 45.1 Å². The lowest BCUT2D eigenvalue weighted by atomic mass is 10.0. The molecular weight excluding hydrogens is 304 g/mol. The Labute approximate surface area is 119 Å². The summed E-state index contributed by atoms with van der Waals surface area (Å²) in [6.07, 6.45) is 1.03. The first-order valence-corrected chi connectivity index (χ1v) is 7.82. The Morgan fingerprint density at radius 2 is 1.83 bits per heavy atom. The first kappa shape index (κ1) is 11.9. The predicted octanol–water partition coefficient (Wildman–Crippen LogP) is 5.58. The normalized spacial score (nSPS) is 12.7. The maximum absolute atomic E-state index is 3.77. The van der Waals surface area contributed by atoms with Gasteiger partial charge in [-0.3, -0.25) is 0 Å². The molecule has 1 atom stereocenters. The van der Waals surface area contributed by atoms with Gasteiger partial charge < -0.3 is 0 Å². The van der Waals surface area contributed by atoms with Crippen LogP contribution in [0.2, 0.25) is 0 Å². The first-order chi connectivity index (χ1) is 8.83. The van der Waals surface area contributed by atoms with Crippen molar-refractivity contribution in [3.8, 4) is 0 Å². The molecule has 2 heteroatoms. The number of fused-ring (bicyclic) bond motifs is 1. The zero-order valence-corrected chi connectivity index (χ0v) is 12.2. The second kappa shape index (κ2) is 5.25. The van der Waals surface area contributed by atoms with Crippen LogP contribution in [-0.2, 0) is 6.42 Å². The lowest BCUT2D eigenvalue weighted by Gasteiger charge is -2.09. The van der Waals surface area contributed by atoms with Crippen LogP contribution in [-0.4, -0.2) is 0 Å². The SMILES string of the molecule is BrC(Cc1ccc2ccccc2c1)c1ccsc1. The Morgan fingerprint density at radius 1 is 1.00 bits per heavy atom. The molecule has 90 valence electrons. The summed E-state index contributed by atoms with van der Waals surface area (Å²) in [5.41, 5.74) is 2.75. The smallest absolute Gasteiger partial charge is 0.0443 e. The lowest BCUT2D eigenvalue weighted by Crippen LogP contribution is -1.93. The number of hydrogen-bond donors (Lipinski definition) is 0. The molecule has 0 amide bonds. The van der Waals surface area contributed by atoms with Gasteiger partial charge in [0.15, 0.2) is 0 Å². The van der Waals surface area contributed by atoms with E-state index in [2.05, 4.69) is 75.2 Å². The summed E-state index contributed by atoms with van der Waals surface area (Å²) in [7, 11) is 0. The summed E-state index contributed by atoms with van der Waals surface area (Å²) in [4.78, 5) is 0.407. The number of halogens is 1. The van der Waals surface area contributed by atoms with Crippen molar-refractivity contribution < 1.29 is 0 Å². The van der Waals surface area contributed by atoms with Gasteiger partial charge in [0.2, 0.25) is 0 Å². The van der Waals surface area contributed by atoms with Gasteiger partial charge in [-0.25, -0.2) is 0 Å². The molecule has 0 bridgehead atoms. The predicted molar refractivity (Wildman–Crippen MR) is 83.6 cm³/mol. The topological polar surface area (TPSA) is 0 Å². The molecular formula is C16H13BrS. The quantitative estimate of drug-likeness (QED) is 0.553. The third-order valence-electron chi connectivity index (χ3n) is 3.13. The molecule has 18 heavy (non-hydrogen) atoms. The molecule has 0 saturated carbocycles. The van der Waals surface area contributed by atoms with Crippen LogP contribution in [0.15, 0.2) is 59.3 Å². The van der Waals surface area contributed by atoms with Crippen LogP contribution in [0, 0.1) is 0 Å². The summed E-state index contributed by atoms with van der Waals surface area (Å²) in [5, 5.41) is 6.97. The van der Waals surface area contributed by atoms with Crippen LogP contribution in [0.1, 0.15) is 16.0 Å². The fourth-order valence-electron chi connectivity index (χ4n) is 2.14. The molecule has 0 fully saturated rings. The Balaban J connectivity index is 1.86. The number of benzene rings is 2. The van der Waals surface area contributed by atoms with Gasteiger partial charge in [-0.15, -0.1) is 0 Å². The van der Waals surface area contributed by atoms with Crippen molar-refractivity contribution in [3.63, 3.8) is 0 Å². The van der Waals surface area contributed by atoms with Crippen molar-refractivity contribution in [1.29, 1.82) is 0 Å². The Morgan fingerprint density at radius 3 is 2.61 bits per heavy atom. The van der Waals surface area contributed by atoms with E-state index in [1.54, 1.807) is 11.3 Å². The van der Waals surface area contributed by atoms with Crippen molar-refractivity contribution in [2.45, 2.75) is 11.2 Å². The molecule has 0 N–H and O–H groups in total. The largest absolute Gasteiger partial charge is 0.152 e. The highest BCUT2D eigenvalue weighted by molar-refractivity contribution is 9.09. The number of thiophene rings is 1. The van der Waals surface area contributed by atoms with Crippen LogP contribution in [0.25, 0.3) is 10.8 Å². The first-order valence-electron chi connectivity index (χ1n) is 5.97. The number of rotatable bonds is 3. The highest BCUT2D eigenvalue weighted by Gasteiger charge is 2.09. The second-order valence-electron chi connectivity index (χ2n) is 4.41. The summed E-state index contributed by atoms with van der Waals surface area (Å²) in [6.45, 7) is 0. The minimum atomic E-state index is 0.407. The van der Waals surface area contributed by atoms with Crippen LogP contribution in [0.3, 0.4) is 0 Å². The maximum Gasteiger partial charge on any atom is 0.0443 e. The molecule has 0 aliphatic carbocycles. The van der Waals surface area contributed by atoms with Crippen LogP contribution in [0.4, 0.5) is 0 Å². The minimum Gasteiger partial charge on any atom is -0.152 e. The van der Waals surface area contributed by atoms with Crippen molar-refractivity contribution in [3.05, 3.63) is 70.4 Å². The van der Waals surface area contributed by atoms with Crippen LogP contribution < -0.4 is 0 Å². The maximum atomic E-state index is 3.77. The van der Waals surface area contributed by atoms with E-state index in [0.29, 0.717) is 4.83 Å². The highest BCUT2D eigenvalue weighted by Crippen LogP contribution is 2.29. The second-order valence-corrected chi connectivity index (χ2v) is 6.30. The molecule has 0 aliphatic heterocycles. The lowest BCUT2D eigenvalue weighted by molar-refractivity contribution is 0.957. The van der Waals surface area contributed by atoms with E-state index in [-0.39, 0.29) is 0 Å². The molecule has 1 heterocycles. The molecule has 1 unspecified atom stereocenters. The van der Waals surface area contributed by atoms with Gasteiger partial charge in [-0.1, -0.05) is 58.4 Å². The molecule has 0 nitrogen and oxygen atoms in total. The minimum absolute atomic E-state index is 0.407. The molecule has 3 rings (SSSR count). The molecule has 0 spiro atoms. The van der Waals surface area contributed by atoms with E-state index >= 15 is 0 Å². The van der Waals surface area contributed by atoms with Gasteiger partial charge in [0.05, 0.1) is 0 Å². The fraction of sp³-hybridized carbons (Fsp3) is 0.125.